The minimum Gasteiger partial charge on any atom is -0.370 e. The molecule has 0 unspecified atom stereocenters. The molecule has 4 saturated heterocycles. The van der Waals surface area contributed by atoms with Crippen molar-refractivity contribution in [3.63, 3.8) is 0 Å². The molecule has 11 nitrogen and oxygen atoms in total. The highest BCUT2D eigenvalue weighted by molar-refractivity contribution is 5.94. The number of para-hydroxylation sites is 2. The number of fused-ring (bicyclic) bond motifs is 4. The molecule has 0 atom stereocenters. The fourth-order valence-electron chi connectivity index (χ4n) is 10.1. The van der Waals surface area contributed by atoms with Gasteiger partial charge in [-0.05, 0) is 85.6 Å². The Balaban J connectivity index is 0.000000130. The number of nitrogens with zero attached hydrogens (tertiary/aromatic N) is 9. The first-order valence-electron chi connectivity index (χ1n) is 23.7. The van der Waals surface area contributed by atoms with Gasteiger partial charge in [-0.2, -0.15) is 0 Å². The molecule has 0 bridgehead atoms. The van der Waals surface area contributed by atoms with E-state index in [0.29, 0.717) is 54.0 Å². The SMILES string of the molecule is Fc1ccc(N2CCC(N3CCN(c4cccc5cccnc45)CC3)CC2)c2ncccc12.O=C1CCN(c2ccc(F)c3cccnc23)CC1.c1cnc2c(N3CCNCC3)cccc2c1. The van der Waals surface area contributed by atoms with E-state index in [1.54, 1.807) is 42.7 Å². The third kappa shape index (κ3) is 9.70. The van der Waals surface area contributed by atoms with E-state index in [9.17, 15) is 13.6 Å². The molecule has 0 amide bonds. The summed E-state index contributed by atoms with van der Waals surface area (Å²) >= 11 is 0. The number of halogens is 2. The second kappa shape index (κ2) is 20.4. The van der Waals surface area contributed by atoms with Crippen LogP contribution in [0.3, 0.4) is 0 Å². The molecular formula is C54H56F2N10O. The van der Waals surface area contributed by atoms with Gasteiger partial charge in [0.1, 0.15) is 17.4 Å². The van der Waals surface area contributed by atoms with Gasteiger partial charge in [0.2, 0.25) is 0 Å². The Bertz CT molecular complexity index is 2960. The number of carbonyl (C=O) groups is 1. The van der Waals surface area contributed by atoms with Crippen LogP contribution in [0.25, 0.3) is 43.6 Å². The number of carbonyl (C=O) groups excluding carboxylic acids is 1. The van der Waals surface area contributed by atoms with Crippen LogP contribution in [-0.4, -0.2) is 115 Å². The number of piperidine rings is 2. The van der Waals surface area contributed by atoms with Crippen LogP contribution in [0, 0.1) is 11.6 Å². The van der Waals surface area contributed by atoms with Crippen LogP contribution >= 0.6 is 0 Å². The van der Waals surface area contributed by atoms with E-state index < -0.39 is 0 Å². The lowest BCUT2D eigenvalue weighted by molar-refractivity contribution is -0.119. The molecule has 0 saturated carbocycles. The number of hydrogen-bond acceptors (Lipinski definition) is 11. The molecular weight excluding hydrogens is 843 g/mol. The standard InChI is InChI=1S/C27H28FN5.C14H13FN2O.C13H15N3/c28-23-8-9-25(27-22(23)6-3-13-30-27)32-14-10-21(11-15-32)31-16-18-33(19-17-31)24-7-1-4-20-5-2-12-29-26(20)24;15-12-3-4-13(14-11(12)2-1-7-16-14)17-8-5-10(18)6-9-17;1-3-11-4-2-6-15-13(11)12(5-1)16-9-7-14-8-10-16/h1-9,12-13,21H,10-11,14-19H2;1-4,7H,5-6,8-9H2;1-6,14H,7-10H2. The quantitative estimate of drug-likeness (QED) is 0.180. The van der Waals surface area contributed by atoms with Crippen LogP contribution in [0.4, 0.5) is 31.5 Å². The van der Waals surface area contributed by atoms with Crippen LogP contribution in [-0.2, 0) is 4.79 Å². The Morgan fingerprint density at radius 2 is 0.851 bits per heavy atom. The predicted molar refractivity (Wildman–Crippen MR) is 267 cm³/mol. The van der Waals surface area contributed by atoms with Gasteiger partial charge in [-0.1, -0.05) is 36.4 Å². The van der Waals surface area contributed by atoms with E-state index in [-0.39, 0.29) is 11.6 Å². The summed E-state index contributed by atoms with van der Waals surface area (Å²) in [5.74, 6) is -0.156. The second-order valence-corrected chi connectivity index (χ2v) is 17.6. The van der Waals surface area contributed by atoms with Crippen LogP contribution in [0.1, 0.15) is 25.7 Å². The summed E-state index contributed by atoms with van der Waals surface area (Å²) in [6.45, 7) is 11.8. The zero-order valence-electron chi connectivity index (χ0n) is 37.8. The number of hydrogen-bond donors (Lipinski definition) is 1. The van der Waals surface area contributed by atoms with Gasteiger partial charge >= 0.3 is 0 Å². The molecule has 4 aromatic carbocycles. The molecule has 4 aromatic heterocycles. The van der Waals surface area contributed by atoms with E-state index in [4.69, 9.17) is 0 Å². The topological polar surface area (TPSA) is 96.9 Å². The number of nitrogens with one attached hydrogen (secondary N) is 1. The highest BCUT2D eigenvalue weighted by atomic mass is 19.1. The first kappa shape index (κ1) is 44.0. The van der Waals surface area contributed by atoms with E-state index in [2.05, 4.69) is 98.3 Å². The minimum absolute atomic E-state index is 0.198. The average molecular weight is 899 g/mol. The normalized spacial score (nSPS) is 17.4. The molecule has 13 heteroatoms. The second-order valence-electron chi connectivity index (χ2n) is 17.6. The number of pyridine rings is 4. The number of anilines is 4. The summed E-state index contributed by atoms with van der Waals surface area (Å²) in [5.41, 5.74) is 8.14. The van der Waals surface area contributed by atoms with Crippen LogP contribution < -0.4 is 24.9 Å². The van der Waals surface area contributed by atoms with E-state index in [0.717, 1.165) is 106 Å². The van der Waals surface area contributed by atoms with Gasteiger partial charge in [0, 0.05) is 144 Å². The highest BCUT2D eigenvalue weighted by Gasteiger charge is 2.29. The van der Waals surface area contributed by atoms with Gasteiger partial charge < -0.3 is 24.9 Å². The summed E-state index contributed by atoms with van der Waals surface area (Å²) in [4.78, 5) is 41.2. The van der Waals surface area contributed by atoms with Crippen molar-refractivity contribution in [3.05, 3.63) is 146 Å². The van der Waals surface area contributed by atoms with Gasteiger partial charge in [-0.15, -0.1) is 0 Å². The maximum atomic E-state index is 14.2. The number of rotatable bonds is 5. The predicted octanol–water partition coefficient (Wildman–Crippen LogP) is 8.90. The number of ketones is 1. The number of Topliss-reactive ketones (excluding diaryl/α,β-unsaturated/α-hetero) is 1. The monoisotopic (exact) mass is 898 g/mol. The van der Waals surface area contributed by atoms with E-state index in [1.165, 1.54) is 28.2 Å². The van der Waals surface area contributed by atoms with Crippen molar-refractivity contribution >= 4 is 72.1 Å². The zero-order chi connectivity index (χ0) is 45.5. The van der Waals surface area contributed by atoms with Gasteiger partial charge in [-0.25, -0.2) is 8.78 Å². The van der Waals surface area contributed by atoms with Gasteiger partial charge in [0.05, 0.1) is 44.8 Å². The summed E-state index contributed by atoms with van der Waals surface area (Å²) < 4.78 is 27.9. The Kier molecular flexibility index (Phi) is 13.4. The van der Waals surface area contributed by atoms with Crippen LogP contribution in [0.2, 0.25) is 0 Å². The maximum Gasteiger partial charge on any atom is 0.136 e. The molecule has 1 N–H and O–H groups in total. The molecule has 4 aliphatic rings. The molecule has 0 aliphatic carbocycles. The molecule has 342 valence electrons. The Morgan fingerprint density at radius 1 is 0.433 bits per heavy atom. The van der Waals surface area contributed by atoms with Crippen molar-refractivity contribution in [1.29, 1.82) is 0 Å². The highest BCUT2D eigenvalue weighted by Crippen LogP contribution is 2.33. The fourth-order valence-corrected chi connectivity index (χ4v) is 10.1. The van der Waals surface area contributed by atoms with Gasteiger partial charge in [0.25, 0.3) is 0 Å². The third-order valence-corrected chi connectivity index (χ3v) is 13.7. The zero-order valence-corrected chi connectivity index (χ0v) is 37.8. The molecule has 67 heavy (non-hydrogen) atoms. The average Bonchev–Trinajstić information content (AvgIpc) is 3.40. The minimum atomic E-state index is -0.255. The van der Waals surface area contributed by atoms with Gasteiger partial charge in [0.15, 0.2) is 0 Å². The third-order valence-electron chi connectivity index (χ3n) is 13.7. The van der Waals surface area contributed by atoms with E-state index in [1.807, 2.05) is 36.7 Å². The first-order chi connectivity index (χ1) is 33.0. The maximum absolute atomic E-state index is 14.2. The summed E-state index contributed by atoms with van der Waals surface area (Å²) in [6, 6.07) is 35.5. The smallest absolute Gasteiger partial charge is 0.136 e. The molecule has 8 aromatic rings. The van der Waals surface area contributed by atoms with E-state index >= 15 is 0 Å². The Morgan fingerprint density at radius 3 is 1.37 bits per heavy atom. The molecule has 4 aliphatic heterocycles. The Hall–Kier alpha value is -6.83. The van der Waals surface area contributed by atoms with Crippen LogP contribution in [0.15, 0.2) is 134 Å². The van der Waals surface area contributed by atoms with Crippen molar-refractivity contribution in [2.75, 3.05) is 98.1 Å². The largest absolute Gasteiger partial charge is 0.370 e. The molecule has 0 radical (unpaired) electrons. The van der Waals surface area contributed by atoms with Crippen molar-refractivity contribution in [2.45, 2.75) is 31.7 Å². The van der Waals surface area contributed by atoms with Crippen LogP contribution in [0.5, 0.6) is 0 Å². The number of aromatic nitrogens is 4. The van der Waals surface area contributed by atoms with Crippen molar-refractivity contribution in [3.8, 4) is 0 Å². The van der Waals surface area contributed by atoms with Crippen molar-refractivity contribution < 1.29 is 13.6 Å². The summed E-state index contributed by atoms with van der Waals surface area (Å²) in [5, 5.41) is 6.93. The molecule has 12 rings (SSSR count). The molecule has 4 fully saturated rings. The number of benzene rings is 4. The molecule has 8 heterocycles. The summed E-state index contributed by atoms with van der Waals surface area (Å²) in [7, 11) is 0. The molecule has 0 spiro atoms. The van der Waals surface area contributed by atoms with Crippen molar-refractivity contribution in [1.82, 2.24) is 30.2 Å². The first-order valence-corrected chi connectivity index (χ1v) is 23.7. The lowest BCUT2D eigenvalue weighted by Gasteiger charge is -2.44. The summed E-state index contributed by atoms with van der Waals surface area (Å²) in [6.07, 6.45) is 10.5. The fraction of sp³-hybridized carbons (Fsp3) is 0.315. The van der Waals surface area contributed by atoms with Crippen molar-refractivity contribution in [2.24, 2.45) is 0 Å². The Labute approximate surface area is 390 Å². The van der Waals surface area contributed by atoms with Gasteiger partial charge in [-0.3, -0.25) is 29.6 Å². The lowest BCUT2D eigenvalue weighted by Crippen LogP contribution is -2.53. The lowest BCUT2D eigenvalue weighted by atomic mass is 10.0. The number of piperazine rings is 2.